The van der Waals surface area contributed by atoms with Gasteiger partial charge in [-0.25, -0.2) is 0 Å². The number of hydrogen-bond acceptors (Lipinski definition) is 0. The van der Waals surface area contributed by atoms with Crippen molar-refractivity contribution in [2.24, 2.45) is 0 Å². The van der Waals surface area contributed by atoms with Crippen molar-refractivity contribution in [3.63, 3.8) is 0 Å². The van der Waals surface area contributed by atoms with Gasteiger partial charge in [-0.1, -0.05) is 282 Å². The molecule has 0 spiro atoms. The molecular weight excluding hydrogens is 937 g/mol. The van der Waals surface area contributed by atoms with Crippen molar-refractivity contribution in [2.45, 2.75) is 38.5 Å². The molecule has 15 rings (SSSR count). The Morgan fingerprint density at radius 1 is 0.179 bits per heavy atom. The van der Waals surface area contributed by atoms with E-state index >= 15 is 0 Å². The lowest BCUT2D eigenvalue weighted by Crippen LogP contribution is -2.14. The summed E-state index contributed by atoms with van der Waals surface area (Å²) in [5.41, 5.74) is 35.5. The fraction of sp³-hybridized carbons (Fsp3) is 0.0769. The van der Waals surface area contributed by atoms with E-state index < -0.39 is 0 Å². The number of allylic oxidation sites excluding steroid dienone is 5. The van der Waals surface area contributed by atoms with Crippen molar-refractivity contribution in [3.05, 3.63) is 328 Å². The highest BCUT2D eigenvalue weighted by Crippen LogP contribution is 2.63. The van der Waals surface area contributed by atoms with E-state index in [0.29, 0.717) is 0 Å². The summed E-state index contributed by atoms with van der Waals surface area (Å²) >= 11 is 0. The second-order valence-electron chi connectivity index (χ2n) is 22.6. The minimum absolute atomic E-state index is 0.0834. The highest BCUT2D eigenvalue weighted by atomic mass is 14.4. The van der Waals surface area contributed by atoms with Gasteiger partial charge < -0.3 is 0 Å². The van der Waals surface area contributed by atoms with E-state index in [4.69, 9.17) is 0 Å². The third-order valence-electron chi connectivity index (χ3n) is 17.7. The molecule has 0 unspecified atom stereocenters. The number of hydrogen-bond donors (Lipinski definition) is 0. The predicted octanol–water partition coefficient (Wildman–Crippen LogP) is 20.3. The molecule has 4 aliphatic carbocycles. The topological polar surface area (TPSA) is 0 Å². The molecule has 0 amide bonds. The SMILES string of the molecule is CC1(C)c2ccccc2-c2c(-c3ccc(C4=C(c5ccc(-c6cccc7c6-c6ccccc6C7(C)C)cc5)C(c5ccccc5)=C5C4=C(c4ccccc4)c4cc(-c6ccccc6)c(-c6ccccc6)cc45)cc3)cccc21. The Morgan fingerprint density at radius 3 is 0.897 bits per heavy atom. The van der Waals surface area contributed by atoms with E-state index in [1.165, 1.54) is 156 Å². The second-order valence-corrected chi connectivity index (χ2v) is 22.6. The van der Waals surface area contributed by atoms with Gasteiger partial charge in [-0.05, 0) is 168 Å². The number of benzene rings is 11. The Labute approximate surface area is 458 Å². The fourth-order valence-corrected chi connectivity index (χ4v) is 14.0. The Hall–Kier alpha value is -9.36. The van der Waals surface area contributed by atoms with Gasteiger partial charge in [0.1, 0.15) is 0 Å². The lowest BCUT2D eigenvalue weighted by Gasteiger charge is -2.21. The molecule has 0 aliphatic heterocycles. The third-order valence-corrected chi connectivity index (χ3v) is 17.7. The molecular formula is C78H56. The van der Waals surface area contributed by atoms with E-state index in [-0.39, 0.29) is 10.8 Å². The van der Waals surface area contributed by atoms with Crippen LogP contribution in [-0.2, 0) is 10.8 Å². The number of fused-ring (bicyclic) bond motifs is 9. The van der Waals surface area contributed by atoms with Crippen LogP contribution < -0.4 is 0 Å². The molecule has 0 bridgehead atoms. The van der Waals surface area contributed by atoms with Crippen LogP contribution >= 0.6 is 0 Å². The molecule has 0 nitrogen and oxygen atoms in total. The Morgan fingerprint density at radius 2 is 0.462 bits per heavy atom. The molecule has 0 aromatic heterocycles. The van der Waals surface area contributed by atoms with Crippen LogP contribution in [0.25, 0.3) is 94.6 Å². The first kappa shape index (κ1) is 46.0. The standard InChI is InChI=1S/C78H56/c1-77(2)65-35-19-17-31-59(65)73-57(33-21-37-67(73)77)51-39-43-55(44-40-51)70-71(54-29-15-8-16-30-54)75-64-48-62(50-25-11-6-12-26-50)61(49-23-9-5-10-24-49)47-63(64)69(53-27-13-7-14-28-53)76(75)72(70)56-45-41-52(42-46-56)58-34-22-38-68-74(58)60-32-18-20-36-66(60)78(68,3)4/h5-48H,1-4H3. The van der Waals surface area contributed by atoms with E-state index in [0.717, 1.165) is 0 Å². The average Bonchev–Trinajstić information content (AvgIpc) is 4.18. The van der Waals surface area contributed by atoms with Crippen molar-refractivity contribution < 1.29 is 0 Å². The molecule has 4 aliphatic rings. The van der Waals surface area contributed by atoms with Gasteiger partial charge in [-0.15, -0.1) is 0 Å². The second kappa shape index (κ2) is 17.6. The minimum Gasteiger partial charge on any atom is -0.0622 e. The van der Waals surface area contributed by atoms with Crippen LogP contribution in [0.5, 0.6) is 0 Å². The first-order valence-electron chi connectivity index (χ1n) is 27.6. The summed E-state index contributed by atoms with van der Waals surface area (Å²) in [5, 5.41) is 0. The van der Waals surface area contributed by atoms with Crippen molar-refractivity contribution >= 4 is 27.9 Å². The molecule has 368 valence electrons. The van der Waals surface area contributed by atoms with Gasteiger partial charge in [-0.2, -0.15) is 0 Å². The van der Waals surface area contributed by atoms with Crippen molar-refractivity contribution in [3.8, 4) is 66.8 Å². The smallest absolute Gasteiger partial charge is 0.0159 e. The zero-order chi connectivity index (χ0) is 52.3. The first-order valence-corrected chi connectivity index (χ1v) is 27.6. The Kier molecular flexibility index (Phi) is 10.4. The summed E-state index contributed by atoms with van der Waals surface area (Å²) in [6.45, 7) is 9.48. The van der Waals surface area contributed by atoms with Crippen molar-refractivity contribution in [1.82, 2.24) is 0 Å². The van der Waals surface area contributed by atoms with Gasteiger partial charge in [0, 0.05) is 10.8 Å². The number of rotatable bonds is 8. The minimum atomic E-state index is -0.0862. The first-order chi connectivity index (χ1) is 38.3. The Bertz CT molecular complexity index is 4330. The van der Waals surface area contributed by atoms with Crippen LogP contribution in [-0.4, -0.2) is 0 Å². The van der Waals surface area contributed by atoms with Crippen LogP contribution in [0.1, 0.15) is 83.3 Å². The predicted molar refractivity (Wildman–Crippen MR) is 329 cm³/mol. The van der Waals surface area contributed by atoms with Gasteiger partial charge in [0.15, 0.2) is 0 Å². The van der Waals surface area contributed by atoms with E-state index in [2.05, 4.69) is 295 Å². The molecule has 0 radical (unpaired) electrons. The van der Waals surface area contributed by atoms with Crippen LogP contribution in [0.2, 0.25) is 0 Å². The molecule has 78 heavy (non-hydrogen) atoms. The highest BCUT2D eigenvalue weighted by molar-refractivity contribution is 6.39. The molecule has 0 heterocycles. The highest BCUT2D eigenvalue weighted by Gasteiger charge is 2.42. The molecule has 0 fully saturated rings. The molecule has 0 atom stereocenters. The zero-order valence-corrected chi connectivity index (χ0v) is 44.4. The van der Waals surface area contributed by atoms with E-state index in [9.17, 15) is 0 Å². The summed E-state index contributed by atoms with van der Waals surface area (Å²) in [5.74, 6) is 0. The lowest BCUT2D eigenvalue weighted by molar-refractivity contribution is 0.660. The van der Waals surface area contributed by atoms with E-state index in [1.54, 1.807) is 0 Å². The molecule has 0 saturated heterocycles. The van der Waals surface area contributed by atoms with Gasteiger partial charge in [-0.3, -0.25) is 0 Å². The van der Waals surface area contributed by atoms with Gasteiger partial charge in [0.05, 0.1) is 0 Å². The molecule has 0 heteroatoms. The Balaban J connectivity index is 1.01. The fourth-order valence-electron chi connectivity index (χ4n) is 14.0. The van der Waals surface area contributed by atoms with Gasteiger partial charge >= 0.3 is 0 Å². The summed E-state index contributed by atoms with van der Waals surface area (Å²) in [6, 6.07) is 100. The molecule has 11 aromatic carbocycles. The quantitative estimate of drug-likeness (QED) is 0.142. The van der Waals surface area contributed by atoms with Crippen LogP contribution in [0.4, 0.5) is 0 Å². The largest absolute Gasteiger partial charge is 0.0622 e. The molecule has 11 aromatic rings. The maximum atomic E-state index is 2.51. The van der Waals surface area contributed by atoms with Crippen LogP contribution in [0, 0.1) is 0 Å². The van der Waals surface area contributed by atoms with Gasteiger partial charge in [0.25, 0.3) is 0 Å². The summed E-state index contributed by atoms with van der Waals surface area (Å²) < 4.78 is 0. The summed E-state index contributed by atoms with van der Waals surface area (Å²) in [6.07, 6.45) is 0. The van der Waals surface area contributed by atoms with Crippen LogP contribution in [0.3, 0.4) is 0 Å². The van der Waals surface area contributed by atoms with Gasteiger partial charge in [0.2, 0.25) is 0 Å². The van der Waals surface area contributed by atoms with Crippen molar-refractivity contribution in [1.29, 1.82) is 0 Å². The zero-order valence-electron chi connectivity index (χ0n) is 44.4. The van der Waals surface area contributed by atoms with Crippen LogP contribution in [0.15, 0.2) is 272 Å². The molecule has 0 N–H and O–H groups in total. The maximum absolute atomic E-state index is 2.51. The average molecular weight is 993 g/mol. The molecule has 0 saturated carbocycles. The van der Waals surface area contributed by atoms with Crippen molar-refractivity contribution in [2.75, 3.05) is 0 Å². The monoisotopic (exact) mass is 992 g/mol. The normalized spacial score (nSPS) is 15.0. The van der Waals surface area contributed by atoms with E-state index in [1.807, 2.05) is 0 Å². The lowest BCUT2D eigenvalue weighted by atomic mass is 9.81. The summed E-state index contributed by atoms with van der Waals surface area (Å²) in [7, 11) is 0. The third kappa shape index (κ3) is 6.86. The maximum Gasteiger partial charge on any atom is 0.0159 e. The summed E-state index contributed by atoms with van der Waals surface area (Å²) in [4.78, 5) is 0.